The first-order valence-electron chi connectivity index (χ1n) is 9.78. The molecule has 5 aromatic rings. The third-order valence-electron chi connectivity index (χ3n) is 4.75. The number of azo groups is 1. The molecule has 0 unspecified atom stereocenters. The summed E-state index contributed by atoms with van der Waals surface area (Å²) in [6, 6.07) is 16.7. The van der Waals surface area contributed by atoms with Gasteiger partial charge >= 0.3 is 0 Å². The highest BCUT2D eigenvalue weighted by Crippen LogP contribution is 2.28. The Balaban J connectivity index is 1.38. The number of nitrogen functional groups attached to an aromatic ring is 1. The molecule has 0 aliphatic heterocycles. The molecule has 14 heteroatoms. The van der Waals surface area contributed by atoms with Gasteiger partial charge in [-0.05, 0) is 48.6 Å². The average molecular weight is 493 g/mol. The Bertz CT molecular complexity index is 1670. The molecule has 3 aromatic heterocycles. The van der Waals surface area contributed by atoms with E-state index < -0.39 is 10.0 Å². The number of benzene rings is 2. The molecule has 4 N–H and O–H groups in total. The van der Waals surface area contributed by atoms with E-state index in [-0.39, 0.29) is 15.5 Å². The minimum Gasteiger partial charge on any atom is -0.382 e. The van der Waals surface area contributed by atoms with Gasteiger partial charge in [0, 0.05) is 6.07 Å². The minimum absolute atomic E-state index is 0.0536. The lowest BCUT2D eigenvalue weighted by Crippen LogP contribution is -2.15. The summed E-state index contributed by atoms with van der Waals surface area (Å²) in [6.07, 6.45) is 2.82. The molecular weight excluding hydrogens is 476 g/mol. The quantitative estimate of drug-likeness (QED) is 0.240. The number of hydrogen-bond donors (Lipinski definition) is 3. The maximum absolute atomic E-state index is 12.9. The summed E-state index contributed by atoms with van der Waals surface area (Å²) in [6.45, 7) is 0. The first-order chi connectivity index (χ1) is 16.4. The van der Waals surface area contributed by atoms with Crippen LogP contribution in [-0.4, -0.2) is 37.8 Å². The summed E-state index contributed by atoms with van der Waals surface area (Å²) in [5.74, 6) is 0.527. The van der Waals surface area contributed by atoms with E-state index in [1.807, 2.05) is 30.3 Å². The van der Waals surface area contributed by atoms with Crippen LogP contribution in [-0.2, 0) is 10.0 Å². The number of anilines is 2. The molecule has 0 radical (unpaired) electrons. The largest absolute Gasteiger partial charge is 0.382 e. The van der Waals surface area contributed by atoms with Crippen LogP contribution >= 0.6 is 12.2 Å². The first-order valence-corrected chi connectivity index (χ1v) is 11.7. The van der Waals surface area contributed by atoms with Crippen molar-refractivity contribution in [2.45, 2.75) is 4.90 Å². The van der Waals surface area contributed by atoms with Crippen LogP contribution in [0.1, 0.15) is 0 Å². The van der Waals surface area contributed by atoms with Crippen LogP contribution in [0.15, 0.2) is 88.3 Å². The van der Waals surface area contributed by atoms with Gasteiger partial charge in [-0.2, -0.15) is 10.2 Å². The highest BCUT2D eigenvalue weighted by Gasteiger charge is 2.17. The fraction of sp³-hybridized carbons (Fsp3) is 0. The first kappa shape index (κ1) is 21.4. The predicted molar refractivity (Wildman–Crippen MR) is 128 cm³/mol. The zero-order valence-corrected chi connectivity index (χ0v) is 18.9. The van der Waals surface area contributed by atoms with Crippen LogP contribution in [0.3, 0.4) is 0 Å². The van der Waals surface area contributed by atoms with Crippen molar-refractivity contribution in [2.75, 3.05) is 10.5 Å². The molecule has 0 amide bonds. The summed E-state index contributed by atoms with van der Waals surface area (Å²) in [7, 11) is -3.87. The summed E-state index contributed by atoms with van der Waals surface area (Å²) in [5, 5.41) is 15.3. The van der Waals surface area contributed by atoms with E-state index in [1.165, 1.54) is 46.0 Å². The van der Waals surface area contributed by atoms with Crippen LogP contribution in [0, 0.1) is 4.77 Å². The summed E-state index contributed by atoms with van der Waals surface area (Å²) in [4.78, 5) is 8.07. The summed E-state index contributed by atoms with van der Waals surface area (Å²) in [5.41, 5.74) is 7.76. The lowest BCUT2D eigenvalue weighted by molar-refractivity contribution is 0.600. The number of rotatable bonds is 6. The number of nitrogens with zero attached hydrogens (tertiary/aromatic N) is 7. The van der Waals surface area contributed by atoms with E-state index in [4.69, 9.17) is 18.0 Å². The Kier molecular flexibility index (Phi) is 5.35. The molecule has 0 fully saturated rings. The Morgan fingerprint density at radius 1 is 1.00 bits per heavy atom. The molecule has 0 atom stereocenters. The minimum atomic E-state index is -3.87. The Labute approximate surface area is 197 Å². The molecule has 0 bridgehead atoms. The molecule has 34 heavy (non-hydrogen) atoms. The average Bonchev–Trinajstić information content (AvgIpc) is 3.42. The van der Waals surface area contributed by atoms with Gasteiger partial charge in [-0.15, -0.1) is 5.11 Å². The van der Waals surface area contributed by atoms with Gasteiger partial charge in [-0.1, -0.05) is 18.2 Å². The molecular formula is C20H16N10O2S2. The predicted octanol–water partition coefficient (Wildman–Crippen LogP) is 3.77. The standard InChI is InChI=1S/C20H16N10O2S2/c21-18-17(19-22-12-23-20(33)30(19)27-18)26-25-13-6-8-15(9-7-13)34(31,32)28-16-10-11-24-29(16)14-4-2-1-3-5-14/h1-12,27-28H,21H2. The van der Waals surface area contributed by atoms with Crippen molar-refractivity contribution in [1.82, 2.24) is 29.4 Å². The second kappa shape index (κ2) is 8.49. The van der Waals surface area contributed by atoms with E-state index in [9.17, 15) is 8.42 Å². The molecule has 0 saturated carbocycles. The van der Waals surface area contributed by atoms with Crippen LogP contribution < -0.4 is 10.5 Å². The van der Waals surface area contributed by atoms with Crippen molar-refractivity contribution >= 4 is 50.9 Å². The molecule has 2 aromatic carbocycles. The van der Waals surface area contributed by atoms with Crippen LogP contribution in [0.25, 0.3) is 11.3 Å². The molecule has 3 heterocycles. The number of fused-ring (bicyclic) bond motifs is 1. The number of nitrogens with two attached hydrogens (primary N) is 1. The van der Waals surface area contributed by atoms with E-state index in [1.54, 1.807) is 6.07 Å². The fourth-order valence-corrected chi connectivity index (χ4v) is 4.37. The second-order valence-corrected chi connectivity index (χ2v) is 9.00. The second-order valence-electron chi connectivity index (χ2n) is 6.95. The molecule has 12 nitrogen and oxygen atoms in total. The lowest BCUT2D eigenvalue weighted by atomic mass is 10.3. The number of hydrogen-bond acceptors (Lipinski definition) is 9. The van der Waals surface area contributed by atoms with E-state index in [0.29, 0.717) is 22.8 Å². The van der Waals surface area contributed by atoms with Gasteiger partial charge in [0.25, 0.3) is 10.0 Å². The van der Waals surface area contributed by atoms with E-state index in [0.717, 1.165) is 5.69 Å². The van der Waals surface area contributed by atoms with Crippen molar-refractivity contribution in [3.8, 4) is 5.69 Å². The van der Waals surface area contributed by atoms with Crippen molar-refractivity contribution in [2.24, 2.45) is 10.2 Å². The molecule has 0 saturated heterocycles. The SMILES string of the molecule is Nc1[nH]n2c(=S)ncnc2c1N=Nc1ccc(S(=O)(=O)Nc2ccnn2-c2ccccc2)cc1. The topological polar surface area (TPSA) is 161 Å². The number of para-hydroxylation sites is 1. The normalized spacial score (nSPS) is 11.9. The zero-order valence-electron chi connectivity index (χ0n) is 17.3. The van der Waals surface area contributed by atoms with Crippen molar-refractivity contribution < 1.29 is 8.42 Å². The van der Waals surface area contributed by atoms with Gasteiger partial charge in [0.2, 0.25) is 4.77 Å². The highest BCUT2D eigenvalue weighted by molar-refractivity contribution is 7.92. The Morgan fingerprint density at radius 3 is 2.53 bits per heavy atom. The van der Waals surface area contributed by atoms with Gasteiger partial charge in [0.15, 0.2) is 11.3 Å². The van der Waals surface area contributed by atoms with Gasteiger partial charge in [-0.25, -0.2) is 27.6 Å². The number of H-pyrrole nitrogens is 1. The maximum Gasteiger partial charge on any atom is 0.263 e. The number of nitrogens with one attached hydrogen (secondary N) is 2. The number of aromatic amines is 1. The van der Waals surface area contributed by atoms with Gasteiger partial charge in [-0.3, -0.25) is 9.82 Å². The molecule has 0 aliphatic carbocycles. The number of aromatic nitrogens is 6. The van der Waals surface area contributed by atoms with Crippen molar-refractivity contribution in [3.05, 3.63) is 78.0 Å². The van der Waals surface area contributed by atoms with Crippen LogP contribution in [0.2, 0.25) is 0 Å². The summed E-state index contributed by atoms with van der Waals surface area (Å²) >= 11 is 5.11. The highest BCUT2D eigenvalue weighted by atomic mass is 32.2. The monoisotopic (exact) mass is 492 g/mol. The van der Waals surface area contributed by atoms with Gasteiger partial charge in [0.05, 0.1) is 22.5 Å². The van der Waals surface area contributed by atoms with Gasteiger partial charge < -0.3 is 5.73 Å². The lowest BCUT2D eigenvalue weighted by Gasteiger charge is -2.10. The van der Waals surface area contributed by atoms with E-state index in [2.05, 4.69) is 35.1 Å². The van der Waals surface area contributed by atoms with Crippen LogP contribution in [0.5, 0.6) is 0 Å². The molecule has 0 spiro atoms. The molecule has 5 rings (SSSR count). The Morgan fingerprint density at radius 2 is 1.76 bits per heavy atom. The van der Waals surface area contributed by atoms with Crippen molar-refractivity contribution in [3.63, 3.8) is 0 Å². The molecule has 0 aliphatic rings. The number of sulfonamides is 1. The van der Waals surface area contributed by atoms with Gasteiger partial charge in [0.1, 0.15) is 18.0 Å². The Hall–Kier alpha value is -4.43. The zero-order chi connectivity index (χ0) is 23.7. The molecule has 170 valence electrons. The summed E-state index contributed by atoms with van der Waals surface area (Å²) < 4.78 is 31.5. The van der Waals surface area contributed by atoms with Crippen LogP contribution in [0.4, 0.5) is 23.0 Å². The smallest absolute Gasteiger partial charge is 0.263 e. The fourth-order valence-electron chi connectivity index (χ4n) is 3.15. The maximum atomic E-state index is 12.9. The third-order valence-corrected chi connectivity index (χ3v) is 6.40. The van der Waals surface area contributed by atoms with Crippen molar-refractivity contribution in [1.29, 1.82) is 0 Å². The third kappa shape index (κ3) is 4.02. The van der Waals surface area contributed by atoms with E-state index >= 15 is 0 Å².